The van der Waals surface area contributed by atoms with Gasteiger partial charge in [-0.3, -0.25) is 9.78 Å². The predicted octanol–water partition coefficient (Wildman–Crippen LogP) is 4.05. The van der Waals surface area contributed by atoms with Crippen LogP contribution in [-0.2, 0) is 4.74 Å². The Morgan fingerprint density at radius 2 is 1.76 bits per heavy atom. The van der Waals surface area contributed by atoms with Crippen molar-refractivity contribution in [1.82, 2.24) is 4.98 Å². The maximum absolute atomic E-state index is 13.1. The Hall–Kier alpha value is -3.45. The van der Waals surface area contributed by atoms with Gasteiger partial charge in [0.15, 0.2) is 0 Å². The number of amides is 1. The van der Waals surface area contributed by atoms with Gasteiger partial charge in [0.1, 0.15) is 5.82 Å². The maximum atomic E-state index is 13.1. The number of aromatic nitrogens is 1. The van der Waals surface area contributed by atoms with Gasteiger partial charge in [-0.2, -0.15) is 0 Å². The zero-order valence-electron chi connectivity index (χ0n) is 15.8. The number of rotatable bonds is 5. The summed E-state index contributed by atoms with van der Waals surface area (Å²) in [7, 11) is 0. The molecule has 0 atom stereocenters. The van der Waals surface area contributed by atoms with Gasteiger partial charge in [0, 0.05) is 25.0 Å². The van der Waals surface area contributed by atoms with Gasteiger partial charge in [0.05, 0.1) is 42.0 Å². The third-order valence-electron chi connectivity index (χ3n) is 4.64. The van der Waals surface area contributed by atoms with Crippen molar-refractivity contribution >= 4 is 28.7 Å². The second-order valence-electron chi connectivity index (χ2n) is 6.66. The first kappa shape index (κ1) is 18.9. The summed E-state index contributed by atoms with van der Waals surface area (Å²) >= 11 is 0. The molecule has 0 aliphatic carbocycles. The molecule has 6 nitrogen and oxygen atoms in total. The molecule has 1 fully saturated rings. The van der Waals surface area contributed by atoms with Crippen molar-refractivity contribution < 1.29 is 13.9 Å². The lowest BCUT2D eigenvalue weighted by atomic mass is 10.2. The van der Waals surface area contributed by atoms with Crippen LogP contribution in [0.5, 0.6) is 0 Å². The summed E-state index contributed by atoms with van der Waals surface area (Å²) in [6, 6.07) is 15.4. The molecule has 1 saturated heterocycles. The number of pyridine rings is 1. The lowest BCUT2D eigenvalue weighted by Crippen LogP contribution is -2.36. The fraction of sp³-hybridized carbons (Fsp3) is 0.182. The molecule has 0 saturated carbocycles. The number of hydrogen-bond donors (Lipinski definition) is 2. The number of anilines is 4. The molecule has 0 spiro atoms. The van der Waals surface area contributed by atoms with E-state index in [9.17, 15) is 9.18 Å². The van der Waals surface area contributed by atoms with Crippen molar-refractivity contribution in [3.8, 4) is 0 Å². The number of carbonyl (C=O) groups is 1. The topological polar surface area (TPSA) is 66.5 Å². The third kappa shape index (κ3) is 4.70. The predicted molar refractivity (Wildman–Crippen MR) is 111 cm³/mol. The molecule has 2 heterocycles. The highest BCUT2D eigenvalue weighted by molar-refractivity contribution is 6.06. The number of morpholine rings is 1. The summed E-state index contributed by atoms with van der Waals surface area (Å²) < 4.78 is 18.5. The van der Waals surface area contributed by atoms with Gasteiger partial charge in [-0.05, 0) is 42.5 Å². The fourth-order valence-electron chi connectivity index (χ4n) is 3.19. The van der Waals surface area contributed by atoms with Crippen LogP contribution in [0.25, 0.3) is 0 Å². The van der Waals surface area contributed by atoms with E-state index in [-0.39, 0.29) is 11.7 Å². The van der Waals surface area contributed by atoms with Crippen LogP contribution in [-0.4, -0.2) is 37.2 Å². The number of hydrogen-bond acceptors (Lipinski definition) is 5. The number of carbonyl (C=O) groups excluding carboxylic acids is 1. The smallest absolute Gasteiger partial charge is 0.257 e. The third-order valence-corrected chi connectivity index (χ3v) is 4.64. The van der Waals surface area contributed by atoms with Gasteiger partial charge in [-0.1, -0.05) is 12.1 Å². The first-order chi connectivity index (χ1) is 14.2. The summed E-state index contributed by atoms with van der Waals surface area (Å²) in [6.07, 6.45) is 3.13. The molecule has 2 aromatic carbocycles. The number of benzene rings is 2. The molecule has 1 aliphatic rings. The van der Waals surface area contributed by atoms with E-state index in [1.165, 1.54) is 18.3 Å². The van der Waals surface area contributed by atoms with E-state index in [4.69, 9.17) is 4.74 Å². The molecule has 3 aromatic rings. The number of para-hydroxylation sites is 2. The van der Waals surface area contributed by atoms with Crippen LogP contribution in [0.1, 0.15) is 10.4 Å². The van der Waals surface area contributed by atoms with Gasteiger partial charge in [-0.25, -0.2) is 4.39 Å². The highest BCUT2D eigenvalue weighted by Gasteiger charge is 2.16. The van der Waals surface area contributed by atoms with Gasteiger partial charge in [-0.15, -0.1) is 0 Å². The Morgan fingerprint density at radius 1 is 1.00 bits per heavy atom. The van der Waals surface area contributed by atoms with Gasteiger partial charge >= 0.3 is 0 Å². The molecular weight excluding hydrogens is 371 g/mol. The molecule has 29 heavy (non-hydrogen) atoms. The molecule has 2 N–H and O–H groups in total. The molecule has 0 radical (unpaired) electrons. The average Bonchev–Trinajstić information content (AvgIpc) is 2.76. The zero-order chi connectivity index (χ0) is 20.1. The van der Waals surface area contributed by atoms with Crippen LogP contribution >= 0.6 is 0 Å². The van der Waals surface area contributed by atoms with Gasteiger partial charge in [0.2, 0.25) is 0 Å². The Morgan fingerprint density at radius 3 is 2.55 bits per heavy atom. The highest BCUT2D eigenvalue weighted by Crippen LogP contribution is 2.27. The molecule has 0 bridgehead atoms. The van der Waals surface area contributed by atoms with Crippen LogP contribution in [0, 0.1) is 5.82 Å². The van der Waals surface area contributed by atoms with E-state index in [0.29, 0.717) is 30.2 Å². The first-order valence-electron chi connectivity index (χ1n) is 9.40. The minimum atomic E-state index is -0.305. The lowest BCUT2D eigenvalue weighted by Gasteiger charge is -2.30. The van der Waals surface area contributed by atoms with Crippen molar-refractivity contribution in [2.45, 2.75) is 0 Å². The van der Waals surface area contributed by atoms with E-state index in [0.717, 1.165) is 24.5 Å². The van der Waals surface area contributed by atoms with E-state index in [1.807, 2.05) is 24.3 Å². The summed E-state index contributed by atoms with van der Waals surface area (Å²) in [5, 5.41) is 6.11. The Bertz CT molecular complexity index is 988. The largest absolute Gasteiger partial charge is 0.378 e. The second-order valence-corrected chi connectivity index (χ2v) is 6.66. The van der Waals surface area contributed by atoms with Crippen LogP contribution in [0.15, 0.2) is 67.0 Å². The first-order valence-corrected chi connectivity index (χ1v) is 9.40. The van der Waals surface area contributed by atoms with Crippen molar-refractivity contribution in [3.63, 3.8) is 0 Å². The second kappa shape index (κ2) is 8.70. The SMILES string of the molecule is O=C(Nc1ccccc1N1CCOCC1)c1cncc(Nc2ccc(F)cc2)c1. The minimum absolute atomic E-state index is 0.249. The van der Waals surface area contributed by atoms with Gasteiger partial charge < -0.3 is 20.3 Å². The number of ether oxygens (including phenoxy) is 1. The van der Waals surface area contributed by atoms with Crippen molar-refractivity contribution in [2.75, 3.05) is 41.8 Å². The van der Waals surface area contributed by atoms with E-state index < -0.39 is 0 Å². The molecule has 0 unspecified atom stereocenters. The fourth-order valence-corrected chi connectivity index (χ4v) is 3.19. The van der Waals surface area contributed by atoms with E-state index in [1.54, 1.807) is 24.4 Å². The van der Waals surface area contributed by atoms with E-state index >= 15 is 0 Å². The quantitative estimate of drug-likeness (QED) is 0.686. The summed E-state index contributed by atoms with van der Waals surface area (Å²) in [4.78, 5) is 19.2. The van der Waals surface area contributed by atoms with Crippen LogP contribution < -0.4 is 15.5 Å². The minimum Gasteiger partial charge on any atom is -0.378 e. The molecule has 1 aromatic heterocycles. The van der Waals surface area contributed by atoms with Crippen LogP contribution in [0.2, 0.25) is 0 Å². The number of nitrogens with zero attached hydrogens (tertiary/aromatic N) is 2. The van der Waals surface area contributed by atoms with Crippen molar-refractivity contribution in [1.29, 1.82) is 0 Å². The monoisotopic (exact) mass is 392 g/mol. The molecular formula is C22H21FN4O2. The maximum Gasteiger partial charge on any atom is 0.257 e. The molecule has 1 amide bonds. The Balaban J connectivity index is 1.50. The number of halogens is 1. The lowest BCUT2D eigenvalue weighted by molar-refractivity contribution is 0.102. The molecule has 1 aliphatic heterocycles. The Kier molecular flexibility index (Phi) is 5.67. The Labute approximate surface area is 168 Å². The van der Waals surface area contributed by atoms with Crippen LogP contribution in [0.4, 0.5) is 27.1 Å². The van der Waals surface area contributed by atoms with E-state index in [2.05, 4.69) is 20.5 Å². The highest BCUT2D eigenvalue weighted by atomic mass is 19.1. The normalized spacial score (nSPS) is 13.8. The zero-order valence-corrected chi connectivity index (χ0v) is 15.8. The standard InChI is InChI=1S/C22H21FN4O2/c23-17-5-7-18(8-6-17)25-19-13-16(14-24-15-19)22(28)26-20-3-1-2-4-21(20)27-9-11-29-12-10-27/h1-8,13-15,25H,9-12H2,(H,26,28). The average molecular weight is 392 g/mol. The summed E-state index contributed by atoms with van der Waals surface area (Å²) in [6.45, 7) is 2.91. The van der Waals surface area contributed by atoms with Gasteiger partial charge in [0.25, 0.3) is 5.91 Å². The summed E-state index contributed by atoms with van der Waals surface area (Å²) in [5.41, 5.74) is 3.50. The summed E-state index contributed by atoms with van der Waals surface area (Å²) in [5.74, 6) is -0.554. The molecule has 4 rings (SSSR count). The molecule has 7 heteroatoms. The molecule has 148 valence electrons. The van der Waals surface area contributed by atoms with Crippen molar-refractivity contribution in [3.05, 3.63) is 78.4 Å². The van der Waals surface area contributed by atoms with Crippen LogP contribution in [0.3, 0.4) is 0 Å². The number of nitrogens with one attached hydrogen (secondary N) is 2. The van der Waals surface area contributed by atoms with Crippen molar-refractivity contribution in [2.24, 2.45) is 0 Å².